The van der Waals surface area contributed by atoms with E-state index >= 15 is 0 Å². The molecule has 0 saturated carbocycles. The van der Waals surface area contributed by atoms with Crippen molar-refractivity contribution in [2.45, 2.75) is 25.8 Å². The summed E-state index contributed by atoms with van der Waals surface area (Å²) in [6.45, 7) is 2.03. The molecule has 1 atom stereocenters. The molecule has 2 heterocycles. The van der Waals surface area contributed by atoms with Crippen molar-refractivity contribution >= 4 is 23.1 Å². The number of benzene rings is 1. The minimum absolute atomic E-state index is 0.136. The molecule has 2 aromatic heterocycles. The van der Waals surface area contributed by atoms with Gasteiger partial charge in [-0.2, -0.15) is 4.98 Å². The quantitative estimate of drug-likeness (QED) is 0.489. The van der Waals surface area contributed by atoms with E-state index in [-0.39, 0.29) is 10.7 Å². The molecule has 3 rings (SSSR count). The topological polar surface area (TPSA) is 107 Å². The first-order valence-electron chi connectivity index (χ1n) is 8.02. The van der Waals surface area contributed by atoms with Gasteiger partial charge in [0.15, 0.2) is 5.82 Å². The Morgan fingerprint density at radius 3 is 2.77 bits per heavy atom. The number of rotatable bonds is 7. The van der Waals surface area contributed by atoms with Crippen LogP contribution in [-0.4, -0.2) is 20.0 Å². The third-order valence-electron chi connectivity index (χ3n) is 3.66. The van der Waals surface area contributed by atoms with Crippen LogP contribution in [0.2, 0.25) is 5.02 Å². The second kappa shape index (κ2) is 7.92. The molecule has 0 amide bonds. The second-order valence-electron chi connectivity index (χ2n) is 5.57. The van der Waals surface area contributed by atoms with E-state index in [1.165, 1.54) is 6.07 Å². The van der Waals surface area contributed by atoms with Crippen LogP contribution in [-0.2, 0) is 6.42 Å². The highest BCUT2D eigenvalue weighted by molar-refractivity contribution is 6.33. The summed E-state index contributed by atoms with van der Waals surface area (Å²) in [5, 5.41) is 18.2. The zero-order valence-electron chi connectivity index (χ0n) is 13.9. The fourth-order valence-electron chi connectivity index (χ4n) is 2.41. The normalized spacial score (nSPS) is 11.9. The van der Waals surface area contributed by atoms with E-state index in [0.29, 0.717) is 24.0 Å². The molecule has 0 bridgehead atoms. The third-order valence-corrected chi connectivity index (χ3v) is 3.95. The molecule has 0 aliphatic rings. The van der Waals surface area contributed by atoms with Crippen molar-refractivity contribution in [3.8, 4) is 0 Å². The SMILES string of the molecule is CCCc1nc(C(Nc2ncc([N+](=O)[O-])cc2Cl)c2ccccc2)no1. The molecule has 9 heteroatoms. The van der Waals surface area contributed by atoms with Crippen LogP contribution < -0.4 is 5.32 Å². The predicted octanol–water partition coefficient (Wildman–Crippen LogP) is 4.18. The smallest absolute Gasteiger partial charge is 0.289 e. The molecule has 1 aromatic carbocycles. The number of anilines is 1. The second-order valence-corrected chi connectivity index (χ2v) is 5.97. The summed E-state index contributed by atoms with van der Waals surface area (Å²) in [5.41, 5.74) is 0.703. The average Bonchev–Trinajstić information content (AvgIpc) is 3.10. The van der Waals surface area contributed by atoms with Gasteiger partial charge < -0.3 is 9.84 Å². The molecule has 0 radical (unpaired) electrons. The minimum Gasteiger partial charge on any atom is -0.355 e. The maximum Gasteiger partial charge on any atom is 0.289 e. The van der Waals surface area contributed by atoms with Crippen molar-refractivity contribution in [2.75, 3.05) is 5.32 Å². The number of nitro groups is 1. The average molecular weight is 374 g/mol. The predicted molar refractivity (Wildman–Crippen MR) is 96.1 cm³/mol. The van der Waals surface area contributed by atoms with Crippen molar-refractivity contribution in [3.05, 3.63) is 75.0 Å². The highest BCUT2D eigenvalue weighted by atomic mass is 35.5. The van der Waals surface area contributed by atoms with Crippen molar-refractivity contribution in [1.29, 1.82) is 0 Å². The molecule has 0 saturated heterocycles. The lowest BCUT2D eigenvalue weighted by Gasteiger charge is -2.17. The number of nitrogens with zero attached hydrogens (tertiary/aromatic N) is 4. The summed E-state index contributed by atoms with van der Waals surface area (Å²) in [5.74, 6) is 1.29. The Morgan fingerprint density at radius 1 is 1.35 bits per heavy atom. The van der Waals surface area contributed by atoms with E-state index in [1.54, 1.807) is 0 Å². The van der Waals surface area contributed by atoms with Gasteiger partial charge in [0.05, 0.1) is 9.95 Å². The Kier molecular flexibility index (Phi) is 5.43. The van der Waals surface area contributed by atoms with Crippen LogP contribution in [0, 0.1) is 10.1 Å². The van der Waals surface area contributed by atoms with Crippen molar-refractivity contribution in [1.82, 2.24) is 15.1 Å². The van der Waals surface area contributed by atoms with Gasteiger partial charge in [-0.25, -0.2) is 4.98 Å². The van der Waals surface area contributed by atoms with Crippen molar-refractivity contribution in [3.63, 3.8) is 0 Å². The van der Waals surface area contributed by atoms with Gasteiger partial charge >= 0.3 is 0 Å². The van der Waals surface area contributed by atoms with Crippen LogP contribution in [0.4, 0.5) is 11.5 Å². The first kappa shape index (κ1) is 17.8. The van der Waals surface area contributed by atoms with Gasteiger partial charge in [-0.3, -0.25) is 10.1 Å². The largest absolute Gasteiger partial charge is 0.355 e. The van der Waals surface area contributed by atoms with Crippen LogP contribution in [0.25, 0.3) is 0 Å². The van der Waals surface area contributed by atoms with Crippen LogP contribution in [0.15, 0.2) is 47.1 Å². The fraction of sp³-hybridized carbons (Fsp3) is 0.235. The molecule has 26 heavy (non-hydrogen) atoms. The Morgan fingerprint density at radius 2 is 2.12 bits per heavy atom. The minimum atomic E-state index is -0.548. The number of hydrogen-bond donors (Lipinski definition) is 1. The van der Waals surface area contributed by atoms with Crippen LogP contribution in [0.5, 0.6) is 0 Å². The van der Waals surface area contributed by atoms with Gasteiger partial charge in [-0.05, 0) is 12.0 Å². The summed E-state index contributed by atoms with van der Waals surface area (Å²) in [6.07, 6.45) is 2.72. The van der Waals surface area contributed by atoms with Gasteiger partial charge in [-0.1, -0.05) is 54.0 Å². The van der Waals surface area contributed by atoms with E-state index < -0.39 is 11.0 Å². The lowest BCUT2D eigenvalue weighted by atomic mass is 10.1. The standard InChI is InChI=1S/C17H16ClN5O3/c1-2-6-14-20-17(22-26-14)15(11-7-4-3-5-8-11)21-16-13(18)9-12(10-19-16)23(24)25/h3-5,7-10,15H,2,6H2,1H3,(H,19,21). The van der Waals surface area contributed by atoms with E-state index in [0.717, 1.165) is 18.2 Å². The molecule has 3 aromatic rings. The molecule has 1 unspecified atom stereocenters. The van der Waals surface area contributed by atoms with Gasteiger partial charge in [0.25, 0.3) is 5.69 Å². The molecule has 134 valence electrons. The van der Waals surface area contributed by atoms with Crippen LogP contribution in [0.3, 0.4) is 0 Å². The van der Waals surface area contributed by atoms with Crippen molar-refractivity contribution in [2.24, 2.45) is 0 Å². The number of halogens is 1. The van der Waals surface area contributed by atoms with Gasteiger partial charge in [0.1, 0.15) is 18.1 Å². The summed E-state index contributed by atoms with van der Waals surface area (Å²) >= 11 is 6.15. The van der Waals surface area contributed by atoms with Gasteiger partial charge in [0.2, 0.25) is 5.89 Å². The number of aromatic nitrogens is 3. The Hall–Kier alpha value is -3.00. The summed E-state index contributed by atoms with van der Waals surface area (Å²) in [4.78, 5) is 18.8. The molecule has 0 aliphatic carbocycles. The molecule has 8 nitrogen and oxygen atoms in total. The summed E-state index contributed by atoms with van der Waals surface area (Å²) in [6, 6.07) is 10.3. The number of nitrogens with one attached hydrogen (secondary N) is 1. The highest BCUT2D eigenvalue weighted by Gasteiger charge is 2.22. The van der Waals surface area contributed by atoms with Crippen molar-refractivity contribution < 1.29 is 9.45 Å². The lowest BCUT2D eigenvalue weighted by molar-refractivity contribution is -0.385. The molecule has 1 N–H and O–H groups in total. The Balaban J connectivity index is 1.95. The maximum absolute atomic E-state index is 10.8. The van der Waals surface area contributed by atoms with E-state index in [9.17, 15) is 10.1 Å². The Bertz CT molecular complexity index is 900. The first-order valence-corrected chi connectivity index (χ1v) is 8.40. The van der Waals surface area contributed by atoms with Gasteiger partial charge in [0, 0.05) is 12.5 Å². The number of pyridine rings is 1. The zero-order valence-corrected chi connectivity index (χ0v) is 14.7. The summed E-state index contributed by atoms with van der Waals surface area (Å²) < 4.78 is 5.28. The monoisotopic (exact) mass is 373 g/mol. The van der Waals surface area contributed by atoms with E-state index in [1.807, 2.05) is 37.3 Å². The summed E-state index contributed by atoms with van der Waals surface area (Å²) in [7, 11) is 0. The molecular weight excluding hydrogens is 358 g/mol. The molecule has 0 spiro atoms. The molecule has 0 fully saturated rings. The molecule has 0 aliphatic heterocycles. The van der Waals surface area contributed by atoms with E-state index in [2.05, 4.69) is 20.4 Å². The third kappa shape index (κ3) is 3.97. The van der Waals surface area contributed by atoms with E-state index in [4.69, 9.17) is 16.1 Å². The van der Waals surface area contributed by atoms with Crippen LogP contribution in [0.1, 0.15) is 36.7 Å². The number of hydrogen-bond acceptors (Lipinski definition) is 7. The van der Waals surface area contributed by atoms with Crippen LogP contribution >= 0.6 is 11.6 Å². The number of aryl methyl sites for hydroxylation is 1. The maximum atomic E-state index is 10.8. The Labute approximate surface area is 154 Å². The van der Waals surface area contributed by atoms with Gasteiger partial charge in [-0.15, -0.1) is 0 Å². The zero-order chi connectivity index (χ0) is 18.5. The fourth-order valence-corrected chi connectivity index (χ4v) is 2.63. The first-order chi connectivity index (χ1) is 12.6. The highest BCUT2D eigenvalue weighted by Crippen LogP contribution is 2.30. The lowest BCUT2D eigenvalue weighted by Crippen LogP contribution is -2.15. The molecular formula is C17H16ClN5O3.